The smallest absolute Gasteiger partial charge is 0.228 e. The maximum atomic E-state index is 12.3. The maximum absolute atomic E-state index is 12.3. The van der Waals surface area contributed by atoms with Gasteiger partial charge in [0.15, 0.2) is 11.5 Å². The molecule has 0 bridgehead atoms. The van der Waals surface area contributed by atoms with Crippen molar-refractivity contribution in [2.45, 2.75) is 25.2 Å². The number of benzene rings is 2. The van der Waals surface area contributed by atoms with Crippen LogP contribution in [0.25, 0.3) is 11.1 Å². The molecule has 1 saturated carbocycles. The van der Waals surface area contributed by atoms with Gasteiger partial charge in [-0.1, -0.05) is 18.2 Å². The average Bonchev–Trinajstić information content (AvgIpc) is 3.35. The van der Waals surface area contributed by atoms with Crippen LogP contribution in [0.1, 0.15) is 30.2 Å². The van der Waals surface area contributed by atoms with Crippen LogP contribution in [0, 0.1) is 0 Å². The Morgan fingerprint density at radius 3 is 2.92 bits per heavy atom. The Kier molecular flexibility index (Phi) is 3.69. The first-order chi connectivity index (χ1) is 11.7. The molecule has 5 nitrogen and oxygen atoms in total. The Morgan fingerprint density at radius 1 is 1.29 bits per heavy atom. The highest BCUT2D eigenvalue weighted by molar-refractivity contribution is 5.94. The summed E-state index contributed by atoms with van der Waals surface area (Å²) < 4.78 is 11.0. The molecule has 1 amide bonds. The van der Waals surface area contributed by atoms with Gasteiger partial charge in [-0.3, -0.25) is 4.79 Å². The van der Waals surface area contributed by atoms with Crippen molar-refractivity contribution in [3.63, 3.8) is 0 Å². The van der Waals surface area contributed by atoms with Crippen LogP contribution in [0.4, 0.5) is 5.69 Å². The first kappa shape index (κ1) is 14.8. The third-order valence-corrected chi connectivity index (χ3v) is 4.16. The third-order valence-electron chi connectivity index (χ3n) is 4.16. The zero-order valence-corrected chi connectivity index (χ0v) is 13.4. The Bertz CT molecular complexity index is 897. The van der Waals surface area contributed by atoms with E-state index in [-0.39, 0.29) is 12.3 Å². The van der Waals surface area contributed by atoms with Gasteiger partial charge >= 0.3 is 0 Å². The van der Waals surface area contributed by atoms with Crippen molar-refractivity contribution in [3.05, 3.63) is 53.9 Å². The fourth-order valence-corrected chi connectivity index (χ4v) is 2.76. The van der Waals surface area contributed by atoms with Gasteiger partial charge in [-0.15, -0.1) is 0 Å². The molecule has 0 saturated heterocycles. The highest BCUT2D eigenvalue weighted by atomic mass is 16.5. The number of carbonyl (C=O) groups is 1. The number of methoxy groups -OCH3 is 1. The number of oxazole rings is 1. The molecule has 122 valence electrons. The predicted molar refractivity (Wildman–Crippen MR) is 91.3 cm³/mol. The van der Waals surface area contributed by atoms with E-state index in [1.807, 2.05) is 42.5 Å². The lowest BCUT2D eigenvalue weighted by Gasteiger charge is -2.08. The number of hydrogen-bond acceptors (Lipinski definition) is 4. The number of aromatic nitrogens is 1. The monoisotopic (exact) mass is 322 g/mol. The zero-order valence-electron chi connectivity index (χ0n) is 13.4. The van der Waals surface area contributed by atoms with Crippen molar-refractivity contribution in [1.29, 1.82) is 0 Å². The summed E-state index contributed by atoms with van der Waals surface area (Å²) in [5.74, 6) is 1.90. The second-order valence-electron chi connectivity index (χ2n) is 6.05. The maximum Gasteiger partial charge on any atom is 0.228 e. The fraction of sp³-hybridized carbons (Fsp3) is 0.263. The number of hydrogen-bond donors (Lipinski definition) is 1. The number of carbonyl (C=O) groups excluding carboxylic acids is 1. The Labute approximate surface area is 139 Å². The van der Waals surface area contributed by atoms with E-state index < -0.39 is 0 Å². The van der Waals surface area contributed by atoms with E-state index in [9.17, 15) is 4.79 Å². The summed E-state index contributed by atoms with van der Waals surface area (Å²) in [4.78, 5) is 16.8. The van der Waals surface area contributed by atoms with E-state index >= 15 is 0 Å². The zero-order chi connectivity index (χ0) is 16.5. The molecule has 3 aromatic rings. The average molecular weight is 322 g/mol. The van der Waals surface area contributed by atoms with Crippen molar-refractivity contribution in [2.75, 3.05) is 12.4 Å². The van der Waals surface area contributed by atoms with Gasteiger partial charge in [0.1, 0.15) is 11.3 Å². The number of amides is 1. The number of anilines is 1. The first-order valence-corrected chi connectivity index (χ1v) is 8.05. The van der Waals surface area contributed by atoms with Crippen molar-refractivity contribution < 1.29 is 13.9 Å². The van der Waals surface area contributed by atoms with Gasteiger partial charge in [-0.25, -0.2) is 4.98 Å². The SMILES string of the molecule is COc1ccccc1CC(=O)Nc1ccc2oc(C3CC3)nc2c1. The van der Waals surface area contributed by atoms with Gasteiger partial charge in [0.2, 0.25) is 5.91 Å². The molecule has 0 aliphatic heterocycles. The summed E-state index contributed by atoms with van der Waals surface area (Å²) in [6.45, 7) is 0. The minimum atomic E-state index is -0.0928. The molecule has 1 aliphatic rings. The standard InChI is InChI=1S/C19H18N2O3/c1-23-16-5-3-2-4-13(16)10-18(22)20-14-8-9-17-15(11-14)21-19(24-17)12-6-7-12/h2-5,8-9,11-12H,6-7,10H2,1H3,(H,20,22). The molecule has 0 unspecified atom stereocenters. The largest absolute Gasteiger partial charge is 0.496 e. The van der Waals surface area contributed by atoms with E-state index in [1.165, 1.54) is 0 Å². The van der Waals surface area contributed by atoms with Crippen molar-refractivity contribution in [1.82, 2.24) is 4.98 Å². The minimum absolute atomic E-state index is 0.0928. The van der Waals surface area contributed by atoms with Gasteiger partial charge in [-0.2, -0.15) is 0 Å². The van der Waals surface area contributed by atoms with Crippen LogP contribution in [0.15, 0.2) is 46.9 Å². The summed E-state index contributed by atoms with van der Waals surface area (Å²) in [5, 5.41) is 2.91. The molecule has 1 aromatic heterocycles. The number of rotatable bonds is 5. The molecule has 4 rings (SSSR count). The van der Waals surface area contributed by atoms with Crippen molar-refractivity contribution in [3.8, 4) is 5.75 Å². The molecular formula is C19H18N2O3. The molecule has 1 aliphatic carbocycles. The minimum Gasteiger partial charge on any atom is -0.496 e. The van der Waals surface area contributed by atoms with Crippen LogP contribution in [0.3, 0.4) is 0 Å². The molecule has 1 fully saturated rings. The molecular weight excluding hydrogens is 304 g/mol. The van der Waals surface area contributed by atoms with Crippen LogP contribution in [-0.2, 0) is 11.2 Å². The summed E-state index contributed by atoms with van der Waals surface area (Å²) in [5.41, 5.74) is 3.13. The molecule has 5 heteroatoms. The number of para-hydroxylation sites is 1. The van der Waals surface area contributed by atoms with Gasteiger partial charge in [0, 0.05) is 17.2 Å². The van der Waals surface area contributed by atoms with Gasteiger partial charge in [0.05, 0.1) is 13.5 Å². The lowest BCUT2D eigenvalue weighted by atomic mass is 10.1. The molecule has 1 N–H and O–H groups in total. The number of nitrogens with one attached hydrogen (secondary N) is 1. The predicted octanol–water partition coefficient (Wildman–Crippen LogP) is 3.90. The fourth-order valence-electron chi connectivity index (χ4n) is 2.76. The topological polar surface area (TPSA) is 64.4 Å². The van der Waals surface area contributed by atoms with Gasteiger partial charge in [-0.05, 0) is 37.1 Å². The van der Waals surface area contributed by atoms with E-state index in [1.54, 1.807) is 7.11 Å². The van der Waals surface area contributed by atoms with Gasteiger partial charge in [0.25, 0.3) is 0 Å². The highest BCUT2D eigenvalue weighted by Gasteiger charge is 2.28. The quantitative estimate of drug-likeness (QED) is 0.774. The van der Waals surface area contributed by atoms with E-state index in [0.29, 0.717) is 11.7 Å². The van der Waals surface area contributed by atoms with Crippen LogP contribution in [0.5, 0.6) is 5.75 Å². The third kappa shape index (κ3) is 2.97. The molecule has 0 radical (unpaired) electrons. The lowest BCUT2D eigenvalue weighted by Crippen LogP contribution is -2.14. The summed E-state index contributed by atoms with van der Waals surface area (Å²) >= 11 is 0. The normalized spacial score (nSPS) is 13.9. The second-order valence-corrected chi connectivity index (χ2v) is 6.05. The number of fused-ring (bicyclic) bond motifs is 1. The van der Waals surface area contributed by atoms with E-state index in [2.05, 4.69) is 10.3 Å². The molecule has 0 atom stereocenters. The number of ether oxygens (including phenoxy) is 1. The van der Waals surface area contributed by atoms with E-state index in [4.69, 9.17) is 9.15 Å². The Hall–Kier alpha value is -2.82. The van der Waals surface area contributed by atoms with Crippen molar-refractivity contribution >= 4 is 22.7 Å². The molecule has 0 spiro atoms. The van der Waals surface area contributed by atoms with Crippen LogP contribution < -0.4 is 10.1 Å². The first-order valence-electron chi connectivity index (χ1n) is 8.05. The van der Waals surface area contributed by atoms with Gasteiger partial charge < -0.3 is 14.5 Å². The molecule has 24 heavy (non-hydrogen) atoms. The van der Waals surface area contributed by atoms with E-state index in [0.717, 1.165) is 41.1 Å². The lowest BCUT2D eigenvalue weighted by molar-refractivity contribution is -0.115. The Balaban J connectivity index is 1.49. The second kappa shape index (κ2) is 6.00. The molecule has 2 aromatic carbocycles. The van der Waals surface area contributed by atoms with Crippen molar-refractivity contribution in [2.24, 2.45) is 0 Å². The summed E-state index contributed by atoms with van der Waals surface area (Å²) in [6.07, 6.45) is 2.55. The van der Waals surface area contributed by atoms with Crippen LogP contribution in [-0.4, -0.2) is 18.0 Å². The summed E-state index contributed by atoms with van der Waals surface area (Å²) in [7, 11) is 1.60. The number of nitrogens with zero attached hydrogens (tertiary/aromatic N) is 1. The molecule has 1 heterocycles. The highest BCUT2D eigenvalue weighted by Crippen LogP contribution is 2.40. The Morgan fingerprint density at radius 2 is 2.12 bits per heavy atom. The van der Waals surface area contributed by atoms with Crippen LogP contribution in [0.2, 0.25) is 0 Å². The van der Waals surface area contributed by atoms with Crippen LogP contribution >= 0.6 is 0 Å². The summed E-state index contributed by atoms with van der Waals surface area (Å²) in [6, 6.07) is 13.1.